The van der Waals surface area contributed by atoms with Gasteiger partial charge in [0.1, 0.15) is 5.82 Å². The molecular formula is C14H25N3. The lowest BCUT2D eigenvalue weighted by Crippen LogP contribution is -2.13. The van der Waals surface area contributed by atoms with E-state index in [0.717, 1.165) is 11.7 Å². The van der Waals surface area contributed by atoms with E-state index in [1.807, 2.05) is 11.7 Å². The number of nitrogens with zero attached hydrogens (tertiary/aromatic N) is 2. The van der Waals surface area contributed by atoms with Crippen molar-refractivity contribution >= 4 is 5.82 Å². The summed E-state index contributed by atoms with van der Waals surface area (Å²) < 4.78 is 1.85. The van der Waals surface area contributed by atoms with Crippen LogP contribution >= 0.6 is 0 Å². The molecule has 1 heterocycles. The van der Waals surface area contributed by atoms with Crippen molar-refractivity contribution < 1.29 is 0 Å². The van der Waals surface area contributed by atoms with Crippen molar-refractivity contribution in [1.29, 1.82) is 0 Å². The Morgan fingerprint density at radius 1 is 1.24 bits per heavy atom. The summed E-state index contributed by atoms with van der Waals surface area (Å²) in [7, 11) is 1.95. The molecule has 0 amide bonds. The molecule has 0 aliphatic heterocycles. The molecule has 0 saturated heterocycles. The molecule has 3 heteroatoms. The van der Waals surface area contributed by atoms with E-state index in [4.69, 9.17) is 5.73 Å². The molecule has 1 fully saturated rings. The molecule has 0 bridgehead atoms. The highest BCUT2D eigenvalue weighted by Crippen LogP contribution is 2.39. The fraction of sp³-hybridized carbons (Fsp3) is 0.786. The van der Waals surface area contributed by atoms with Crippen LogP contribution in [0.3, 0.4) is 0 Å². The summed E-state index contributed by atoms with van der Waals surface area (Å²) in [6.45, 7) is 6.77. The van der Waals surface area contributed by atoms with Gasteiger partial charge in [0, 0.05) is 18.5 Å². The average molecular weight is 235 g/mol. The van der Waals surface area contributed by atoms with E-state index in [2.05, 4.69) is 25.9 Å². The van der Waals surface area contributed by atoms with Gasteiger partial charge < -0.3 is 5.73 Å². The number of hydrogen-bond acceptors (Lipinski definition) is 2. The van der Waals surface area contributed by atoms with Gasteiger partial charge in [0.05, 0.1) is 5.69 Å². The van der Waals surface area contributed by atoms with Crippen molar-refractivity contribution in [2.24, 2.45) is 13.0 Å². The van der Waals surface area contributed by atoms with Crippen molar-refractivity contribution in [2.45, 2.75) is 58.3 Å². The summed E-state index contributed by atoms with van der Waals surface area (Å²) >= 11 is 0. The normalized spacial score (nSPS) is 25.5. The van der Waals surface area contributed by atoms with E-state index < -0.39 is 0 Å². The van der Waals surface area contributed by atoms with Crippen molar-refractivity contribution in [3.8, 4) is 0 Å². The second-order valence-electron chi connectivity index (χ2n) is 5.92. The van der Waals surface area contributed by atoms with Crippen molar-refractivity contribution in [1.82, 2.24) is 9.78 Å². The van der Waals surface area contributed by atoms with Crippen molar-refractivity contribution in [3.05, 3.63) is 11.3 Å². The van der Waals surface area contributed by atoms with Gasteiger partial charge in [-0.2, -0.15) is 5.10 Å². The molecule has 1 aliphatic rings. The average Bonchev–Trinajstić information content (AvgIpc) is 2.56. The molecule has 2 rings (SSSR count). The summed E-state index contributed by atoms with van der Waals surface area (Å²) in [6, 6.07) is 0. The van der Waals surface area contributed by atoms with Gasteiger partial charge in [-0.15, -0.1) is 0 Å². The number of nitrogen functional groups attached to an aromatic ring is 1. The Labute approximate surface area is 104 Å². The molecule has 0 unspecified atom stereocenters. The van der Waals surface area contributed by atoms with Crippen LogP contribution < -0.4 is 5.73 Å². The van der Waals surface area contributed by atoms with E-state index in [1.54, 1.807) is 0 Å². The lowest BCUT2D eigenvalue weighted by atomic mass is 9.79. The van der Waals surface area contributed by atoms with Gasteiger partial charge in [0.25, 0.3) is 0 Å². The van der Waals surface area contributed by atoms with E-state index in [0.29, 0.717) is 11.8 Å². The zero-order valence-electron chi connectivity index (χ0n) is 11.5. The minimum absolute atomic E-state index is 0.470. The van der Waals surface area contributed by atoms with E-state index in [1.165, 1.54) is 36.9 Å². The molecule has 0 aromatic carbocycles. The Morgan fingerprint density at radius 2 is 1.82 bits per heavy atom. The summed E-state index contributed by atoms with van der Waals surface area (Å²) in [4.78, 5) is 0. The molecule has 17 heavy (non-hydrogen) atoms. The van der Waals surface area contributed by atoms with Gasteiger partial charge in [-0.05, 0) is 24.7 Å². The van der Waals surface area contributed by atoms with Gasteiger partial charge in [0.15, 0.2) is 0 Å². The predicted octanol–water partition coefficient (Wildman–Crippen LogP) is 3.42. The van der Waals surface area contributed by atoms with Crippen LogP contribution in [0.1, 0.15) is 69.5 Å². The maximum atomic E-state index is 6.14. The van der Waals surface area contributed by atoms with E-state index in [9.17, 15) is 0 Å². The van der Waals surface area contributed by atoms with Crippen LogP contribution in [0.5, 0.6) is 0 Å². The SMILES string of the molecule is CC1CCC(c2nn(C)c(N)c2C(C)C)CC1. The maximum absolute atomic E-state index is 6.14. The second-order valence-corrected chi connectivity index (χ2v) is 5.92. The Balaban J connectivity index is 2.29. The molecule has 96 valence electrons. The van der Waals surface area contributed by atoms with Gasteiger partial charge in [-0.25, -0.2) is 0 Å². The largest absolute Gasteiger partial charge is 0.384 e. The maximum Gasteiger partial charge on any atom is 0.125 e. The highest BCUT2D eigenvalue weighted by molar-refractivity contribution is 5.46. The zero-order valence-corrected chi connectivity index (χ0v) is 11.5. The fourth-order valence-corrected chi connectivity index (χ4v) is 3.00. The third-order valence-electron chi connectivity index (χ3n) is 4.14. The Hall–Kier alpha value is -0.990. The summed E-state index contributed by atoms with van der Waals surface area (Å²) in [5.41, 5.74) is 8.69. The monoisotopic (exact) mass is 235 g/mol. The summed E-state index contributed by atoms with van der Waals surface area (Å²) in [5.74, 6) is 2.84. The van der Waals surface area contributed by atoms with Crippen LogP contribution in [-0.2, 0) is 7.05 Å². The molecular weight excluding hydrogens is 210 g/mol. The van der Waals surface area contributed by atoms with Crippen LogP contribution in [0.2, 0.25) is 0 Å². The third-order valence-corrected chi connectivity index (χ3v) is 4.14. The minimum atomic E-state index is 0.470. The second kappa shape index (κ2) is 4.71. The molecule has 0 atom stereocenters. The number of aryl methyl sites for hydroxylation is 1. The number of hydrogen-bond donors (Lipinski definition) is 1. The quantitative estimate of drug-likeness (QED) is 0.853. The van der Waals surface area contributed by atoms with Crippen LogP contribution in [0.25, 0.3) is 0 Å². The van der Waals surface area contributed by atoms with Crippen LogP contribution in [0.4, 0.5) is 5.82 Å². The Bertz CT molecular complexity index is 384. The van der Waals surface area contributed by atoms with Crippen LogP contribution in [0.15, 0.2) is 0 Å². The number of anilines is 1. The lowest BCUT2D eigenvalue weighted by Gasteiger charge is -2.26. The number of nitrogens with two attached hydrogens (primary N) is 1. The Morgan fingerprint density at radius 3 is 2.35 bits per heavy atom. The standard InChI is InChI=1S/C14H25N3/c1-9(2)12-13(16-17(4)14(12)15)11-7-5-10(3)6-8-11/h9-11H,5-8,15H2,1-4H3. The third kappa shape index (κ3) is 2.33. The van der Waals surface area contributed by atoms with Gasteiger partial charge >= 0.3 is 0 Å². The van der Waals surface area contributed by atoms with Crippen LogP contribution in [0, 0.1) is 5.92 Å². The topological polar surface area (TPSA) is 43.8 Å². The van der Waals surface area contributed by atoms with Crippen molar-refractivity contribution in [2.75, 3.05) is 5.73 Å². The lowest BCUT2D eigenvalue weighted by molar-refractivity contribution is 0.341. The first-order valence-corrected chi connectivity index (χ1v) is 6.83. The number of aromatic nitrogens is 2. The first-order chi connectivity index (χ1) is 8.00. The molecule has 1 aliphatic carbocycles. The molecule has 1 aromatic heterocycles. The molecule has 0 radical (unpaired) electrons. The van der Waals surface area contributed by atoms with Crippen molar-refractivity contribution in [3.63, 3.8) is 0 Å². The summed E-state index contributed by atoms with van der Waals surface area (Å²) in [5, 5.41) is 4.67. The number of rotatable bonds is 2. The van der Waals surface area contributed by atoms with E-state index in [-0.39, 0.29) is 0 Å². The first kappa shape index (κ1) is 12.5. The first-order valence-electron chi connectivity index (χ1n) is 6.83. The predicted molar refractivity (Wildman–Crippen MR) is 72.1 cm³/mol. The Kier molecular flexibility index (Phi) is 3.45. The molecule has 0 spiro atoms. The van der Waals surface area contributed by atoms with Gasteiger partial charge in [0.2, 0.25) is 0 Å². The highest BCUT2D eigenvalue weighted by atomic mass is 15.3. The summed E-state index contributed by atoms with van der Waals surface area (Å²) in [6.07, 6.45) is 5.21. The molecule has 2 N–H and O–H groups in total. The molecule has 1 saturated carbocycles. The molecule has 1 aromatic rings. The van der Waals surface area contributed by atoms with Gasteiger partial charge in [-0.1, -0.05) is 33.6 Å². The minimum Gasteiger partial charge on any atom is -0.384 e. The molecule has 3 nitrogen and oxygen atoms in total. The highest BCUT2D eigenvalue weighted by Gasteiger charge is 2.27. The van der Waals surface area contributed by atoms with Crippen LogP contribution in [-0.4, -0.2) is 9.78 Å². The van der Waals surface area contributed by atoms with Gasteiger partial charge in [-0.3, -0.25) is 4.68 Å². The fourth-order valence-electron chi connectivity index (χ4n) is 3.00. The van der Waals surface area contributed by atoms with E-state index >= 15 is 0 Å². The smallest absolute Gasteiger partial charge is 0.125 e. The zero-order chi connectivity index (χ0) is 12.6.